The van der Waals surface area contributed by atoms with Crippen LogP contribution < -0.4 is 5.32 Å². The zero-order chi connectivity index (χ0) is 10.6. The van der Waals surface area contributed by atoms with Crippen LogP contribution in [0.1, 0.15) is 20.8 Å². The third kappa shape index (κ3) is 2.69. The molecule has 1 saturated heterocycles. The zero-order valence-electron chi connectivity index (χ0n) is 9.25. The van der Waals surface area contributed by atoms with Crippen LogP contribution in [0.5, 0.6) is 0 Å². The Balaban J connectivity index is 2.48. The average Bonchev–Trinajstić information content (AvgIpc) is 2.18. The van der Waals surface area contributed by atoms with Crippen LogP contribution in [0.2, 0.25) is 0 Å². The molecule has 1 heterocycles. The molecule has 0 bridgehead atoms. The summed E-state index contributed by atoms with van der Waals surface area (Å²) in [5.74, 6) is -0.110. The van der Waals surface area contributed by atoms with E-state index in [1.807, 2.05) is 13.8 Å². The molecule has 4 nitrogen and oxygen atoms in total. The average molecular weight is 200 g/mol. The molecule has 0 aromatic carbocycles. The van der Waals surface area contributed by atoms with E-state index >= 15 is 0 Å². The second-order valence-corrected chi connectivity index (χ2v) is 3.72. The highest BCUT2D eigenvalue weighted by atomic mass is 16.5. The molecule has 1 N–H and O–H groups in total. The number of nitrogens with zero attached hydrogens (tertiary/aromatic N) is 1. The molecular formula is C10H20N2O2. The van der Waals surface area contributed by atoms with Gasteiger partial charge >= 0.3 is 5.97 Å². The first-order valence-electron chi connectivity index (χ1n) is 5.30. The van der Waals surface area contributed by atoms with Crippen LogP contribution in [0.25, 0.3) is 0 Å². The van der Waals surface area contributed by atoms with Crippen molar-refractivity contribution in [2.45, 2.75) is 32.9 Å². The number of carbonyl (C=O) groups excluding carboxylic acids is 1. The monoisotopic (exact) mass is 200 g/mol. The number of carbonyl (C=O) groups is 1. The van der Waals surface area contributed by atoms with Gasteiger partial charge in [-0.05, 0) is 20.8 Å². The molecule has 2 atom stereocenters. The van der Waals surface area contributed by atoms with Crippen molar-refractivity contribution in [2.75, 3.05) is 26.2 Å². The van der Waals surface area contributed by atoms with Gasteiger partial charge in [0.05, 0.1) is 6.61 Å². The van der Waals surface area contributed by atoms with E-state index in [0.717, 1.165) is 19.6 Å². The third-order valence-electron chi connectivity index (χ3n) is 2.68. The summed E-state index contributed by atoms with van der Waals surface area (Å²) >= 11 is 0. The molecule has 1 rings (SSSR count). The third-order valence-corrected chi connectivity index (χ3v) is 2.68. The van der Waals surface area contributed by atoms with Crippen molar-refractivity contribution < 1.29 is 9.53 Å². The Morgan fingerprint density at radius 2 is 2.43 bits per heavy atom. The van der Waals surface area contributed by atoms with Crippen molar-refractivity contribution in [1.82, 2.24) is 10.2 Å². The first-order valence-corrected chi connectivity index (χ1v) is 5.30. The van der Waals surface area contributed by atoms with E-state index in [1.165, 1.54) is 0 Å². The molecule has 14 heavy (non-hydrogen) atoms. The van der Waals surface area contributed by atoms with Gasteiger partial charge in [-0.1, -0.05) is 0 Å². The van der Waals surface area contributed by atoms with Gasteiger partial charge in [-0.15, -0.1) is 0 Å². The Morgan fingerprint density at radius 3 is 3.00 bits per heavy atom. The number of piperazine rings is 1. The van der Waals surface area contributed by atoms with Crippen LogP contribution in [-0.4, -0.2) is 49.2 Å². The molecule has 1 unspecified atom stereocenters. The van der Waals surface area contributed by atoms with Gasteiger partial charge in [0.1, 0.15) is 6.04 Å². The molecule has 0 spiro atoms. The number of rotatable bonds is 3. The lowest BCUT2D eigenvalue weighted by molar-refractivity contribution is -0.150. The van der Waals surface area contributed by atoms with Crippen molar-refractivity contribution >= 4 is 5.97 Å². The van der Waals surface area contributed by atoms with Gasteiger partial charge in [-0.2, -0.15) is 0 Å². The van der Waals surface area contributed by atoms with Crippen LogP contribution in [0, 0.1) is 0 Å². The van der Waals surface area contributed by atoms with Crippen molar-refractivity contribution in [3.63, 3.8) is 0 Å². The lowest BCUT2D eigenvalue weighted by atomic mass is 10.1. The van der Waals surface area contributed by atoms with Crippen molar-refractivity contribution in [2.24, 2.45) is 0 Å². The maximum absolute atomic E-state index is 11.5. The molecule has 1 fully saturated rings. The molecule has 0 aliphatic carbocycles. The first-order chi connectivity index (χ1) is 6.66. The molecule has 1 aliphatic rings. The van der Waals surface area contributed by atoms with Gasteiger partial charge in [-0.25, -0.2) is 0 Å². The van der Waals surface area contributed by atoms with Crippen molar-refractivity contribution in [1.29, 1.82) is 0 Å². The van der Waals surface area contributed by atoms with E-state index in [1.54, 1.807) is 0 Å². The summed E-state index contributed by atoms with van der Waals surface area (Å²) in [4.78, 5) is 13.7. The molecule has 0 amide bonds. The fourth-order valence-corrected chi connectivity index (χ4v) is 1.83. The van der Waals surface area contributed by atoms with Crippen LogP contribution in [-0.2, 0) is 9.53 Å². The van der Waals surface area contributed by atoms with Crippen LogP contribution in [0.3, 0.4) is 0 Å². The second kappa shape index (κ2) is 5.32. The topological polar surface area (TPSA) is 41.6 Å². The fraction of sp³-hybridized carbons (Fsp3) is 0.900. The summed E-state index contributed by atoms with van der Waals surface area (Å²) in [5, 5.41) is 3.30. The second-order valence-electron chi connectivity index (χ2n) is 3.72. The van der Waals surface area contributed by atoms with E-state index in [-0.39, 0.29) is 12.0 Å². The van der Waals surface area contributed by atoms with Gasteiger partial charge in [-0.3, -0.25) is 9.69 Å². The quantitative estimate of drug-likeness (QED) is 0.662. The number of esters is 1. The van der Waals surface area contributed by atoms with Gasteiger partial charge in [0, 0.05) is 25.7 Å². The van der Waals surface area contributed by atoms with Crippen LogP contribution in [0.15, 0.2) is 0 Å². The SMILES string of the molecule is CCOC(=O)C(C)N1CCNC[C@@H]1C. The standard InChI is InChI=1S/C10H20N2O2/c1-4-14-10(13)9(3)12-6-5-11-7-8(12)2/h8-9,11H,4-7H2,1-3H3/t8-,9?/m0/s1. The fourth-order valence-electron chi connectivity index (χ4n) is 1.83. The smallest absolute Gasteiger partial charge is 0.323 e. The molecule has 0 aromatic heterocycles. The predicted octanol–water partition coefficient (Wildman–Crippen LogP) is 0.232. The normalized spacial score (nSPS) is 25.8. The van der Waals surface area contributed by atoms with E-state index in [0.29, 0.717) is 12.6 Å². The number of ether oxygens (including phenoxy) is 1. The minimum Gasteiger partial charge on any atom is -0.465 e. The molecule has 0 aromatic rings. The number of nitrogens with one attached hydrogen (secondary N) is 1. The van der Waals surface area contributed by atoms with Gasteiger partial charge in [0.25, 0.3) is 0 Å². The molecular weight excluding hydrogens is 180 g/mol. The van der Waals surface area contributed by atoms with E-state index in [2.05, 4.69) is 17.1 Å². The molecule has 4 heteroatoms. The molecule has 1 aliphatic heterocycles. The lowest BCUT2D eigenvalue weighted by Crippen LogP contribution is -2.55. The lowest BCUT2D eigenvalue weighted by Gasteiger charge is -2.37. The molecule has 0 radical (unpaired) electrons. The summed E-state index contributed by atoms with van der Waals surface area (Å²) in [6.45, 7) is 9.16. The predicted molar refractivity (Wildman–Crippen MR) is 55.1 cm³/mol. The summed E-state index contributed by atoms with van der Waals surface area (Å²) in [6.07, 6.45) is 0. The summed E-state index contributed by atoms with van der Waals surface area (Å²) < 4.78 is 5.00. The minimum atomic E-state index is -0.118. The number of hydrogen-bond acceptors (Lipinski definition) is 4. The summed E-state index contributed by atoms with van der Waals surface area (Å²) in [7, 11) is 0. The largest absolute Gasteiger partial charge is 0.465 e. The van der Waals surface area contributed by atoms with Crippen LogP contribution >= 0.6 is 0 Å². The Kier molecular flexibility index (Phi) is 4.35. The number of hydrogen-bond donors (Lipinski definition) is 1. The zero-order valence-corrected chi connectivity index (χ0v) is 9.25. The summed E-state index contributed by atoms with van der Waals surface area (Å²) in [6, 6.07) is 0.287. The highest BCUT2D eigenvalue weighted by Crippen LogP contribution is 2.09. The van der Waals surface area contributed by atoms with E-state index in [4.69, 9.17) is 4.74 Å². The van der Waals surface area contributed by atoms with Gasteiger partial charge in [0.2, 0.25) is 0 Å². The Labute approximate surface area is 85.6 Å². The summed E-state index contributed by atoms with van der Waals surface area (Å²) in [5.41, 5.74) is 0. The highest BCUT2D eigenvalue weighted by molar-refractivity contribution is 5.75. The Bertz CT molecular complexity index is 197. The highest BCUT2D eigenvalue weighted by Gasteiger charge is 2.28. The molecule has 0 saturated carbocycles. The van der Waals surface area contributed by atoms with Crippen molar-refractivity contribution in [3.8, 4) is 0 Å². The Hall–Kier alpha value is -0.610. The first kappa shape index (κ1) is 11.5. The van der Waals surface area contributed by atoms with Crippen LogP contribution in [0.4, 0.5) is 0 Å². The van der Waals surface area contributed by atoms with Gasteiger partial charge in [0.15, 0.2) is 0 Å². The minimum absolute atomic E-state index is 0.110. The van der Waals surface area contributed by atoms with E-state index in [9.17, 15) is 4.79 Å². The maximum Gasteiger partial charge on any atom is 0.323 e. The van der Waals surface area contributed by atoms with Crippen molar-refractivity contribution in [3.05, 3.63) is 0 Å². The van der Waals surface area contributed by atoms with E-state index < -0.39 is 0 Å². The Morgan fingerprint density at radius 1 is 1.71 bits per heavy atom. The van der Waals surface area contributed by atoms with Gasteiger partial charge < -0.3 is 10.1 Å². The maximum atomic E-state index is 11.5. The molecule has 82 valence electrons.